The van der Waals surface area contributed by atoms with Crippen LogP contribution in [0, 0.1) is 5.92 Å². The summed E-state index contributed by atoms with van der Waals surface area (Å²) in [4.78, 5) is 0. The largest absolute Gasteiger partial charge is 0.328 e. The second kappa shape index (κ2) is 7.23. The van der Waals surface area contributed by atoms with Gasteiger partial charge in [-0.05, 0) is 25.7 Å². The van der Waals surface area contributed by atoms with Crippen molar-refractivity contribution in [3.8, 4) is 0 Å². The van der Waals surface area contributed by atoms with Crippen molar-refractivity contribution < 1.29 is 8.42 Å². The summed E-state index contributed by atoms with van der Waals surface area (Å²) in [6, 6.07) is 0.183. The number of hydrogen-bond acceptors (Lipinski definition) is 3. The molecule has 0 spiro atoms. The molecule has 0 aromatic rings. The van der Waals surface area contributed by atoms with Crippen LogP contribution in [0.1, 0.15) is 46.5 Å². The third-order valence-electron chi connectivity index (χ3n) is 2.60. The van der Waals surface area contributed by atoms with Crippen molar-refractivity contribution in [1.29, 1.82) is 0 Å². The Labute approximate surface area is 94.4 Å². The van der Waals surface area contributed by atoms with E-state index in [0.717, 1.165) is 25.7 Å². The van der Waals surface area contributed by atoms with Gasteiger partial charge in [-0.25, -0.2) is 8.42 Å². The minimum Gasteiger partial charge on any atom is -0.328 e. The molecule has 15 heavy (non-hydrogen) atoms. The highest BCUT2D eigenvalue weighted by Crippen LogP contribution is 2.08. The quantitative estimate of drug-likeness (QED) is 0.654. The molecule has 0 saturated carbocycles. The molecule has 0 saturated heterocycles. The third kappa shape index (κ3) is 8.88. The second-order valence-corrected chi connectivity index (χ2v) is 6.83. The fourth-order valence-electron chi connectivity index (χ4n) is 1.42. The second-order valence-electron chi connectivity index (χ2n) is 4.60. The molecule has 2 unspecified atom stereocenters. The molecule has 0 bridgehead atoms. The number of nitrogens with two attached hydrogens (primary N) is 1. The molecule has 0 rings (SSSR count). The van der Waals surface area contributed by atoms with Crippen molar-refractivity contribution in [1.82, 2.24) is 0 Å². The molecule has 0 aromatic carbocycles. The summed E-state index contributed by atoms with van der Waals surface area (Å²) in [6.07, 6.45) is 3.51. The van der Waals surface area contributed by atoms with Crippen molar-refractivity contribution in [2.75, 3.05) is 11.5 Å². The molecule has 2 N–H and O–H groups in total. The summed E-state index contributed by atoms with van der Waals surface area (Å²) in [7, 11) is -2.83. The molecular weight excluding hydrogens is 210 g/mol. The van der Waals surface area contributed by atoms with Crippen LogP contribution >= 0.6 is 0 Å². The van der Waals surface area contributed by atoms with Crippen LogP contribution in [-0.2, 0) is 9.84 Å². The molecule has 0 fully saturated rings. The van der Waals surface area contributed by atoms with Gasteiger partial charge in [0.25, 0.3) is 0 Å². The van der Waals surface area contributed by atoms with Crippen LogP contribution in [0.25, 0.3) is 0 Å². The Kier molecular flexibility index (Phi) is 7.18. The smallest absolute Gasteiger partial charge is 0.150 e. The van der Waals surface area contributed by atoms with E-state index in [4.69, 9.17) is 5.73 Å². The van der Waals surface area contributed by atoms with Gasteiger partial charge in [-0.2, -0.15) is 0 Å². The van der Waals surface area contributed by atoms with Crippen molar-refractivity contribution >= 4 is 9.84 Å². The number of rotatable bonds is 8. The van der Waals surface area contributed by atoms with Gasteiger partial charge in [0.05, 0.1) is 11.5 Å². The number of hydrogen-bond donors (Lipinski definition) is 1. The summed E-state index contributed by atoms with van der Waals surface area (Å²) in [5, 5.41) is 0. The van der Waals surface area contributed by atoms with Crippen LogP contribution in [0.4, 0.5) is 0 Å². The van der Waals surface area contributed by atoms with Crippen LogP contribution in [0.15, 0.2) is 0 Å². The fourth-order valence-corrected chi connectivity index (χ4v) is 3.34. The van der Waals surface area contributed by atoms with Gasteiger partial charge in [-0.3, -0.25) is 0 Å². The van der Waals surface area contributed by atoms with Crippen molar-refractivity contribution in [3.05, 3.63) is 0 Å². The average molecular weight is 235 g/mol. The maximum absolute atomic E-state index is 11.6. The predicted molar refractivity (Wildman–Crippen MR) is 65.6 cm³/mol. The summed E-state index contributed by atoms with van der Waals surface area (Å²) in [5.74, 6) is 0.939. The molecular formula is C11H25NO2S. The molecule has 0 radical (unpaired) electrons. The summed E-state index contributed by atoms with van der Waals surface area (Å²) in [5.41, 5.74) is 5.60. The molecule has 0 aliphatic heterocycles. The van der Waals surface area contributed by atoms with Gasteiger partial charge >= 0.3 is 0 Å². The van der Waals surface area contributed by atoms with E-state index >= 15 is 0 Å². The Hall–Kier alpha value is -0.0900. The first-order chi connectivity index (χ1) is 6.87. The van der Waals surface area contributed by atoms with E-state index in [1.54, 1.807) is 0 Å². The summed E-state index contributed by atoms with van der Waals surface area (Å²) >= 11 is 0. The lowest BCUT2D eigenvalue weighted by molar-refractivity contribution is 0.556. The Morgan fingerprint density at radius 1 is 1.20 bits per heavy atom. The zero-order chi connectivity index (χ0) is 11.9. The van der Waals surface area contributed by atoms with Gasteiger partial charge < -0.3 is 5.73 Å². The van der Waals surface area contributed by atoms with Crippen LogP contribution in [0.3, 0.4) is 0 Å². The first-order valence-electron chi connectivity index (χ1n) is 5.83. The van der Waals surface area contributed by atoms with Crippen LogP contribution in [0.2, 0.25) is 0 Å². The molecule has 0 heterocycles. The van der Waals surface area contributed by atoms with Crippen LogP contribution in [-0.4, -0.2) is 26.0 Å². The van der Waals surface area contributed by atoms with Gasteiger partial charge in [0.1, 0.15) is 0 Å². The van der Waals surface area contributed by atoms with E-state index in [-0.39, 0.29) is 12.0 Å². The standard InChI is InChI=1S/C11H25NO2S/c1-4-10(2)9-15(13,14)8-6-5-7-11(3)12/h10-11H,4-9,12H2,1-3H3. The molecule has 0 aliphatic carbocycles. The van der Waals surface area contributed by atoms with E-state index in [0.29, 0.717) is 11.5 Å². The Morgan fingerprint density at radius 3 is 2.27 bits per heavy atom. The molecule has 0 amide bonds. The van der Waals surface area contributed by atoms with Gasteiger partial charge in [-0.1, -0.05) is 26.7 Å². The fraction of sp³-hybridized carbons (Fsp3) is 1.00. The number of sulfone groups is 1. The molecule has 4 heteroatoms. The van der Waals surface area contributed by atoms with E-state index in [1.165, 1.54) is 0 Å². The lowest BCUT2D eigenvalue weighted by Gasteiger charge is -2.09. The molecule has 3 nitrogen and oxygen atoms in total. The molecule has 0 aromatic heterocycles. The Morgan fingerprint density at radius 2 is 1.80 bits per heavy atom. The summed E-state index contributed by atoms with van der Waals surface area (Å²) in [6.45, 7) is 5.96. The van der Waals surface area contributed by atoms with Gasteiger partial charge in [0, 0.05) is 6.04 Å². The van der Waals surface area contributed by atoms with E-state index < -0.39 is 9.84 Å². The first kappa shape index (κ1) is 14.9. The zero-order valence-electron chi connectivity index (χ0n) is 10.2. The van der Waals surface area contributed by atoms with Crippen LogP contribution < -0.4 is 5.73 Å². The summed E-state index contributed by atoms with van der Waals surface area (Å²) < 4.78 is 23.2. The SMILES string of the molecule is CCC(C)CS(=O)(=O)CCCCC(C)N. The molecule has 2 atom stereocenters. The minimum absolute atomic E-state index is 0.183. The van der Waals surface area contributed by atoms with Crippen molar-refractivity contribution in [3.63, 3.8) is 0 Å². The topological polar surface area (TPSA) is 60.2 Å². The van der Waals surface area contributed by atoms with Gasteiger partial charge in [0.2, 0.25) is 0 Å². The lowest BCUT2D eigenvalue weighted by Crippen LogP contribution is -2.18. The molecule has 92 valence electrons. The lowest BCUT2D eigenvalue weighted by atomic mass is 10.2. The van der Waals surface area contributed by atoms with Crippen molar-refractivity contribution in [2.45, 2.75) is 52.5 Å². The highest BCUT2D eigenvalue weighted by Gasteiger charge is 2.14. The van der Waals surface area contributed by atoms with E-state index in [9.17, 15) is 8.42 Å². The maximum Gasteiger partial charge on any atom is 0.150 e. The van der Waals surface area contributed by atoms with Gasteiger partial charge in [0.15, 0.2) is 9.84 Å². The first-order valence-corrected chi connectivity index (χ1v) is 7.65. The Balaban J connectivity index is 3.75. The predicted octanol–water partition coefficient (Wildman–Crippen LogP) is 1.96. The average Bonchev–Trinajstić information content (AvgIpc) is 2.11. The number of unbranched alkanes of at least 4 members (excludes halogenated alkanes) is 1. The normalized spacial score (nSPS) is 16.3. The zero-order valence-corrected chi connectivity index (χ0v) is 11.0. The van der Waals surface area contributed by atoms with E-state index in [2.05, 4.69) is 0 Å². The maximum atomic E-state index is 11.6. The van der Waals surface area contributed by atoms with E-state index in [1.807, 2.05) is 20.8 Å². The Bertz CT molecular complexity index is 247. The van der Waals surface area contributed by atoms with Crippen molar-refractivity contribution in [2.24, 2.45) is 11.7 Å². The van der Waals surface area contributed by atoms with Crippen LogP contribution in [0.5, 0.6) is 0 Å². The monoisotopic (exact) mass is 235 g/mol. The molecule has 0 aliphatic rings. The highest BCUT2D eigenvalue weighted by molar-refractivity contribution is 7.91. The highest BCUT2D eigenvalue weighted by atomic mass is 32.2. The van der Waals surface area contributed by atoms with Gasteiger partial charge in [-0.15, -0.1) is 0 Å². The third-order valence-corrected chi connectivity index (χ3v) is 4.59. The minimum atomic E-state index is -2.83.